The number of halogens is 1. The van der Waals surface area contributed by atoms with Crippen LogP contribution in [0.2, 0.25) is 0 Å². The number of hydrogen-bond acceptors (Lipinski definition) is 4. The molecule has 6 heteroatoms. The fraction of sp³-hybridized carbons (Fsp3) is 0.0526. The Morgan fingerprint density at radius 1 is 1.20 bits per heavy atom. The number of hydrogen-bond donors (Lipinski definition) is 1. The Labute approximate surface area is 148 Å². The van der Waals surface area contributed by atoms with E-state index in [1.54, 1.807) is 30.3 Å². The van der Waals surface area contributed by atoms with E-state index in [0.29, 0.717) is 21.5 Å². The number of nitrogens with one attached hydrogen (secondary N) is 1. The molecule has 0 aromatic heterocycles. The summed E-state index contributed by atoms with van der Waals surface area (Å²) in [6.45, 7) is 0.210. The van der Waals surface area contributed by atoms with Crippen LogP contribution in [0.15, 0.2) is 58.4 Å². The Kier molecular flexibility index (Phi) is 5.17. The van der Waals surface area contributed by atoms with E-state index in [0.717, 1.165) is 5.56 Å². The minimum absolute atomic E-state index is 0.210. The maximum atomic E-state index is 12.9. The number of carbonyl (C=O) groups excluding carboxylic acids is 1. The monoisotopic (exact) mass is 352 g/mol. The lowest BCUT2D eigenvalue weighted by atomic mass is 10.2. The van der Waals surface area contributed by atoms with Crippen LogP contribution in [0.25, 0.3) is 6.08 Å². The average Bonchev–Trinajstić information content (AvgIpc) is 2.95. The maximum absolute atomic E-state index is 12.9. The van der Waals surface area contributed by atoms with E-state index in [1.165, 1.54) is 23.9 Å². The minimum Gasteiger partial charge on any atom is -0.481 e. The van der Waals surface area contributed by atoms with E-state index in [1.807, 2.05) is 12.1 Å². The lowest BCUT2D eigenvalue weighted by molar-refractivity contribution is -0.115. The van der Waals surface area contributed by atoms with Gasteiger partial charge in [-0.1, -0.05) is 18.1 Å². The third kappa shape index (κ3) is 4.49. The normalized spacial score (nSPS) is 16.7. The van der Waals surface area contributed by atoms with Gasteiger partial charge in [0.25, 0.3) is 5.91 Å². The standard InChI is InChI=1S/C19H13FN2O2S/c1-2-11-24-16-9-3-13(4-10-16)12-17-18(23)22-19(25-17)21-15-7-5-14(20)6-8-15/h1,3-10,12H,11H2,(H,21,22,23). The predicted octanol–water partition coefficient (Wildman–Crippen LogP) is 3.73. The van der Waals surface area contributed by atoms with Crippen molar-refractivity contribution in [3.63, 3.8) is 0 Å². The van der Waals surface area contributed by atoms with Crippen LogP contribution >= 0.6 is 11.8 Å². The molecule has 124 valence electrons. The van der Waals surface area contributed by atoms with Gasteiger partial charge in [0.2, 0.25) is 0 Å². The van der Waals surface area contributed by atoms with E-state index in [9.17, 15) is 9.18 Å². The molecule has 1 aliphatic rings. The molecule has 0 unspecified atom stereocenters. The van der Waals surface area contributed by atoms with Gasteiger partial charge in [-0.05, 0) is 59.8 Å². The fourth-order valence-corrected chi connectivity index (χ4v) is 2.89. The largest absolute Gasteiger partial charge is 0.481 e. The molecule has 2 aromatic carbocycles. The summed E-state index contributed by atoms with van der Waals surface area (Å²) in [6, 6.07) is 13.0. The molecule has 4 nitrogen and oxygen atoms in total. The number of nitrogens with zero attached hydrogens (tertiary/aromatic N) is 1. The summed E-state index contributed by atoms with van der Waals surface area (Å²) in [5.41, 5.74) is 1.43. The first-order valence-electron chi connectivity index (χ1n) is 7.35. The molecule has 1 heterocycles. The number of amidine groups is 1. The second kappa shape index (κ2) is 7.69. The molecule has 2 aromatic rings. The van der Waals surface area contributed by atoms with Gasteiger partial charge in [-0.2, -0.15) is 0 Å². The van der Waals surface area contributed by atoms with Crippen LogP contribution < -0.4 is 10.1 Å². The Morgan fingerprint density at radius 3 is 2.60 bits per heavy atom. The van der Waals surface area contributed by atoms with Crippen molar-refractivity contribution in [1.29, 1.82) is 0 Å². The van der Waals surface area contributed by atoms with Crippen molar-refractivity contribution in [2.75, 3.05) is 6.61 Å². The van der Waals surface area contributed by atoms with Gasteiger partial charge in [0.05, 0.1) is 10.6 Å². The van der Waals surface area contributed by atoms with Crippen molar-refractivity contribution in [3.05, 3.63) is 64.8 Å². The van der Waals surface area contributed by atoms with Gasteiger partial charge in [-0.3, -0.25) is 4.79 Å². The molecular weight excluding hydrogens is 339 g/mol. The molecule has 1 N–H and O–H groups in total. The average molecular weight is 352 g/mol. The number of aliphatic imine (C=N–C) groups is 1. The van der Waals surface area contributed by atoms with Gasteiger partial charge in [-0.25, -0.2) is 9.38 Å². The Bertz CT molecular complexity index is 881. The Balaban J connectivity index is 1.72. The maximum Gasteiger partial charge on any atom is 0.264 e. The van der Waals surface area contributed by atoms with Crippen molar-refractivity contribution >= 4 is 34.6 Å². The minimum atomic E-state index is -0.331. The summed E-state index contributed by atoms with van der Waals surface area (Å²) in [5.74, 6) is 2.51. The first-order chi connectivity index (χ1) is 12.1. The summed E-state index contributed by atoms with van der Waals surface area (Å²) >= 11 is 1.23. The fourth-order valence-electron chi connectivity index (χ4n) is 2.05. The van der Waals surface area contributed by atoms with Gasteiger partial charge in [0, 0.05) is 0 Å². The number of carbonyl (C=O) groups is 1. The second-order valence-electron chi connectivity index (χ2n) is 5.02. The highest BCUT2D eigenvalue weighted by molar-refractivity contribution is 8.18. The zero-order valence-electron chi connectivity index (χ0n) is 13.0. The second-order valence-corrected chi connectivity index (χ2v) is 6.05. The van der Waals surface area contributed by atoms with E-state index >= 15 is 0 Å². The molecule has 0 bridgehead atoms. The first-order valence-corrected chi connectivity index (χ1v) is 8.17. The SMILES string of the molecule is C#CCOc1ccc(C=C2SC(=Nc3ccc(F)cc3)NC2=O)cc1. The summed E-state index contributed by atoms with van der Waals surface area (Å²) in [6.07, 6.45) is 6.91. The summed E-state index contributed by atoms with van der Waals surface area (Å²) in [7, 11) is 0. The molecule has 0 atom stereocenters. The van der Waals surface area contributed by atoms with Crippen LogP contribution in [-0.2, 0) is 4.79 Å². The lowest BCUT2D eigenvalue weighted by Gasteiger charge is -2.02. The predicted molar refractivity (Wildman–Crippen MR) is 98.0 cm³/mol. The zero-order valence-corrected chi connectivity index (χ0v) is 13.8. The highest BCUT2D eigenvalue weighted by atomic mass is 32.2. The molecule has 0 aliphatic carbocycles. The van der Waals surface area contributed by atoms with Gasteiger partial charge in [-0.15, -0.1) is 6.42 Å². The van der Waals surface area contributed by atoms with Gasteiger partial charge < -0.3 is 10.1 Å². The topological polar surface area (TPSA) is 50.7 Å². The highest BCUT2D eigenvalue weighted by Crippen LogP contribution is 2.28. The Hall–Kier alpha value is -3.04. The van der Waals surface area contributed by atoms with Crippen molar-refractivity contribution < 1.29 is 13.9 Å². The molecule has 0 spiro atoms. The van der Waals surface area contributed by atoms with Crippen LogP contribution in [0, 0.1) is 18.2 Å². The van der Waals surface area contributed by atoms with Crippen LogP contribution in [0.4, 0.5) is 10.1 Å². The quantitative estimate of drug-likeness (QED) is 0.674. The number of ether oxygens (including phenoxy) is 1. The number of amides is 1. The summed E-state index contributed by atoms with van der Waals surface area (Å²) in [4.78, 5) is 16.9. The molecule has 1 amide bonds. The van der Waals surface area contributed by atoms with Gasteiger partial charge in [0.1, 0.15) is 18.2 Å². The zero-order chi connectivity index (χ0) is 17.6. The van der Waals surface area contributed by atoms with Crippen LogP contribution in [-0.4, -0.2) is 17.7 Å². The van der Waals surface area contributed by atoms with Crippen LogP contribution in [0.5, 0.6) is 5.75 Å². The molecular formula is C19H13FN2O2S. The molecule has 0 saturated carbocycles. The van der Waals surface area contributed by atoms with Crippen molar-refractivity contribution in [2.45, 2.75) is 0 Å². The summed E-state index contributed by atoms with van der Waals surface area (Å²) in [5, 5.41) is 3.15. The van der Waals surface area contributed by atoms with Crippen molar-refractivity contribution in [2.24, 2.45) is 4.99 Å². The number of terminal acetylenes is 1. The molecule has 1 fully saturated rings. The number of rotatable bonds is 4. The van der Waals surface area contributed by atoms with E-state index < -0.39 is 0 Å². The number of benzene rings is 2. The number of thioether (sulfide) groups is 1. The van der Waals surface area contributed by atoms with Crippen LogP contribution in [0.3, 0.4) is 0 Å². The van der Waals surface area contributed by atoms with Crippen molar-refractivity contribution in [3.8, 4) is 18.1 Å². The molecule has 1 aliphatic heterocycles. The molecule has 1 saturated heterocycles. The third-order valence-electron chi connectivity index (χ3n) is 3.21. The smallest absolute Gasteiger partial charge is 0.264 e. The Morgan fingerprint density at radius 2 is 1.92 bits per heavy atom. The summed E-state index contributed by atoms with van der Waals surface area (Å²) < 4.78 is 18.2. The van der Waals surface area contributed by atoms with Gasteiger partial charge >= 0.3 is 0 Å². The van der Waals surface area contributed by atoms with Gasteiger partial charge in [0.15, 0.2) is 5.17 Å². The first kappa shape index (κ1) is 16.8. The third-order valence-corrected chi connectivity index (χ3v) is 4.12. The van der Waals surface area contributed by atoms with E-state index in [4.69, 9.17) is 11.2 Å². The van der Waals surface area contributed by atoms with Crippen LogP contribution in [0.1, 0.15) is 5.56 Å². The lowest BCUT2D eigenvalue weighted by Crippen LogP contribution is -2.19. The van der Waals surface area contributed by atoms with Crippen molar-refractivity contribution in [1.82, 2.24) is 5.32 Å². The molecule has 0 radical (unpaired) electrons. The highest BCUT2D eigenvalue weighted by Gasteiger charge is 2.23. The van der Waals surface area contributed by atoms with E-state index in [-0.39, 0.29) is 18.3 Å². The molecule has 3 rings (SSSR count). The molecule has 25 heavy (non-hydrogen) atoms. The van der Waals surface area contributed by atoms with E-state index in [2.05, 4.69) is 16.2 Å².